The summed E-state index contributed by atoms with van der Waals surface area (Å²) in [7, 11) is 0. The molecule has 0 saturated heterocycles. The van der Waals surface area contributed by atoms with Gasteiger partial charge in [0.25, 0.3) is 0 Å². The fourth-order valence-corrected chi connectivity index (χ4v) is 2.87. The van der Waals surface area contributed by atoms with Crippen molar-refractivity contribution in [2.45, 2.75) is 52.5 Å². The normalized spacial score (nSPS) is 16.1. The first kappa shape index (κ1) is 13.2. The number of carbonyl (C=O) groups is 1. The van der Waals surface area contributed by atoms with Crippen LogP contribution in [0.1, 0.15) is 55.1 Å². The molecule has 1 aliphatic rings. The molecule has 0 radical (unpaired) electrons. The van der Waals surface area contributed by atoms with E-state index in [0.29, 0.717) is 6.61 Å². The Hall–Kier alpha value is -1.25. The number of rotatable bonds is 5. The van der Waals surface area contributed by atoms with Crippen molar-refractivity contribution in [1.82, 2.24) is 4.57 Å². The molecule has 1 aromatic heterocycles. The molecule has 1 aliphatic carbocycles. The van der Waals surface area contributed by atoms with Crippen molar-refractivity contribution < 1.29 is 9.53 Å². The molecule has 1 heterocycles. The molecule has 0 aliphatic heterocycles. The number of nitrogens with zero attached hydrogens (tertiary/aromatic N) is 1. The molecule has 0 bridgehead atoms. The molecule has 0 unspecified atom stereocenters. The monoisotopic (exact) mass is 249 g/mol. The summed E-state index contributed by atoms with van der Waals surface area (Å²) in [4.78, 5) is 11.9. The molecular weight excluding hydrogens is 226 g/mol. The van der Waals surface area contributed by atoms with Crippen molar-refractivity contribution in [2.75, 3.05) is 6.61 Å². The van der Waals surface area contributed by atoms with Crippen LogP contribution >= 0.6 is 0 Å². The number of aryl methyl sites for hydroxylation is 2. The molecule has 1 fully saturated rings. The van der Waals surface area contributed by atoms with Crippen LogP contribution in [0, 0.1) is 12.8 Å². The van der Waals surface area contributed by atoms with E-state index in [0.717, 1.165) is 23.7 Å². The lowest BCUT2D eigenvalue weighted by molar-refractivity contribution is 0.0512. The first-order valence-electron chi connectivity index (χ1n) is 7.05. The Labute approximate surface area is 109 Å². The van der Waals surface area contributed by atoms with Crippen molar-refractivity contribution in [1.29, 1.82) is 0 Å². The molecule has 2 rings (SSSR count). The van der Waals surface area contributed by atoms with Crippen LogP contribution in [-0.2, 0) is 11.3 Å². The van der Waals surface area contributed by atoms with Crippen LogP contribution in [-0.4, -0.2) is 17.1 Å². The third-order valence-electron chi connectivity index (χ3n) is 3.89. The molecule has 0 aromatic carbocycles. The summed E-state index contributed by atoms with van der Waals surface area (Å²) in [5.74, 6) is 0.661. The van der Waals surface area contributed by atoms with Gasteiger partial charge in [0.15, 0.2) is 0 Å². The first-order valence-corrected chi connectivity index (χ1v) is 7.05. The molecule has 3 heteroatoms. The van der Waals surface area contributed by atoms with E-state index < -0.39 is 0 Å². The van der Waals surface area contributed by atoms with Gasteiger partial charge in [-0.15, -0.1) is 0 Å². The van der Waals surface area contributed by atoms with Crippen molar-refractivity contribution in [3.8, 4) is 0 Å². The molecular formula is C15H23NO2. The zero-order valence-corrected chi connectivity index (χ0v) is 11.4. The maximum Gasteiger partial charge on any atom is 0.355 e. The van der Waals surface area contributed by atoms with Crippen LogP contribution in [0.25, 0.3) is 0 Å². The molecule has 0 N–H and O–H groups in total. The summed E-state index contributed by atoms with van der Waals surface area (Å²) in [5.41, 5.74) is 1.75. The van der Waals surface area contributed by atoms with Gasteiger partial charge in [-0.05, 0) is 37.8 Å². The van der Waals surface area contributed by atoms with Crippen LogP contribution in [0.15, 0.2) is 12.3 Å². The molecule has 0 spiro atoms. The molecule has 1 saturated carbocycles. The Morgan fingerprint density at radius 3 is 2.83 bits per heavy atom. The van der Waals surface area contributed by atoms with E-state index in [9.17, 15) is 4.79 Å². The molecule has 100 valence electrons. The number of aromatic nitrogens is 1. The van der Waals surface area contributed by atoms with Gasteiger partial charge in [0.1, 0.15) is 5.69 Å². The van der Waals surface area contributed by atoms with Crippen LogP contribution < -0.4 is 0 Å². The van der Waals surface area contributed by atoms with Gasteiger partial charge in [0.05, 0.1) is 6.61 Å². The standard InChI is InChI=1S/C15H23NO2/c1-3-18-15(17)14-12(2)8-10-16(14)11-9-13-6-4-5-7-13/h8,10,13H,3-7,9,11H2,1-2H3. The minimum atomic E-state index is -0.188. The zero-order chi connectivity index (χ0) is 13.0. The molecule has 3 nitrogen and oxygen atoms in total. The fraction of sp³-hybridized carbons (Fsp3) is 0.667. The third-order valence-corrected chi connectivity index (χ3v) is 3.89. The quantitative estimate of drug-likeness (QED) is 0.747. The number of hydrogen-bond donors (Lipinski definition) is 0. The summed E-state index contributed by atoms with van der Waals surface area (Å²) in [6.07, 6.45) is 8.65. The smallest absolute Gasteiger partial charge is 0.355 e. The summed E-state index contributed by atoms with van der Waals surface area (Å²) >= 11 is 0. The van der Waals surface area contributed by atoms with E-state index in [-0.39, 0.29) is 5.97 Å². The van der Waals surface area contributed by atoms with Gasteiger partial charge in [0.2, 0.25) is 0 Å². The molecule has 0 amide bonds. The summed E-state index contributed by atoms with van der Waals surface area (Å²) in [6, 6.07) is 2.00. The van der Waals surface area contributed by atoms with Crippen molar-refractivity contribution in [3.63, 3.8) is 0 Å². The highest BCUT2D eigenvalue weighted by atomic mass is 16.5. The highest BCUT2D eigenvalue weighted by Crippen LogP contribution is 2.28. The summed E-state index contributed by atoms with van der Waals surface area (Å²) in [6.45, 7) is 5.19. The number of carbonyl (C=O) groups excluding carboxylic acids is 1. The SMILES string of the molecule is CCOC(=O)c1c(C)ccn1CCC1CCCC1. The van der Waals surface area contributed by atoms with Crippen LogP contribution in [0.4, 0.5) is 0 Å². The maximum absolute atomic E-state index is 11.9. The summed E-state index contributed by atoms with van der Waals surface area (Å²) in [5, 5.41) is 0. The van der Waals surface area contributed by atoms with Crippen LogP contribution in [0.5, 0.6) is 0 Å². The topological polar surface area (TPSA) is 31.2 Å². The van der Waals surface area contributed by atoms with Gasteiger partial charge in [-0.3, -0.25) is 0 Å². The number of esters is 1. The van der Waals surface area contributed by atoms with Crippen LogP contribution in [0.2, 0.25) is 0 Å². The average Bonchev–Trinajstić information content (AvgIpc) is 2.96. The second-order valence-corrected chi connectivity index (χ2v) is 5.20. The Bertz CT molecular complexity index is 403. The van der Waals surface area contributed by atoms with E-state index in [1.54, 1.807) is 0 Å². The lowest BCUT2D eigenvalue weighted by atomic mass is 10.0. The van der Waals surface area contributed by atoms with E-state index in [1.165, 1.54) is 32.1 Å². The predicted molar refractivity (Wildman–Crippen MR) is 71.7 cm³/mol. The van der Waals surface area contributed by atoms with Gasteiger partial charge in [-0.2, -0.15) is 0 Å². The predicted octanol–water partition coefficient (Wildman–Crippen LogP) is 3.55. The maximum atomic E-state index is 11.9. The Balaban J connectivity index is 2.01. The Morgan fingerprint density at radius 1 is 1.44 bits per heavy atom. The van der Waals surface area contributed by atoms with Gasteiger partial charge < -0.3 is 9.30 Å². The second-order valence-electron chi connectivity index (χ2n) is 5.20. The van der Waals surface area contributed by atoms with Crippen LogP contribution in [0.3, 0.4) is 0 Å². The second kappa shape index (κ2) is 6.07. The summed E-state index contributed by atoms with van der Waals surface area (Å²) < 4.78 is 7.18. The minimum absolute atomic E-state index is 0.188. The third kappa shape index (κ3) is 2.95. The fourth-order valence-electron chi connectivity index (χ4n) is 2.87. The Kier molecular flexibility index (Phi) is 4.45. The van der Waals surface area contributed by atoms with Gasteiger partial charge in [0, 0.05) is 12.7 Å². The largest absolute Gasteiger partial charge is 0.461 e. The van der Waals surface area contributed by atoms with E-state index >= 15 is 0 Å². The van der Waals surface area contributed by atoms with Crippen molar-refractivity contribution in [2.24, 2.45) is 5.92 Å². The first-order chi connectivity index (χ1) is 8.72. The zero-order valence-electron chi connectivity index (χ0n) is 11.4. The number of hydrogen-bond acceptors (Lipinski definition) is 2. The highest BCUT2D eigenvalue weighted by molar-refractivity contribution is 5.89. The molecule has 18 heavy (non-hydrogen) atoms. The van der Waals surface area contributed by atoms with E-state index in [4.69, 9.17) is 4.74 Å². The van der Waals surface area contributed by atoms with Crippen molar-refractivity contribution >= 4 is 5.97 Å². The van der Waals surface area contributed by atoms with Crippen molar-refractivity contribution in [3.05, 3.63) is 23.5 Å². The van der Waals surface area contributed by atoms with E-state index in [2.05, 4.69) is 4.57 Å². The van der Waals surface area contributed by atoms with Gasteiger partial charge >= 0.3 is 5.97 Å². The van der Waals surface area contributed by atoms with E-state index in [1.807, 2.05) is 26.1 Å². The molecule has 0 atom stereocenters. The van der Waals surface area contributed by atoms with Gasteiger partial charge in [-0.25, -0.2) is 4.79 Å². The lowest BCUT2D eigenvalue weighted by Crippen LogP contribution is -2.14. The average molecular weight is 249 g/mol. The minimum Gasteiger partial charge on any atom is -0.461 e. The van der Waals surface area contributed by atoms with Gasteiger partial charge in [-0.1, -0.05) is 25.7 Å². The Morgan fingerprint density at radius 2 is 2.17 bits per heavy atom. The molecule has 1 aromatic rings. The number of ether oxygens (including phenoxy) is 1. The lowest BCUT2D eigenvalue weighted by Gasteiger charge is -2.12. The highest BCUT2D eigenvalue weighted by Gasteiger charge is 2.18.